The van der Waals surface area contributed by atoms with Crippen LogP contribution in [0.1, 0.15) is 45.1 Å². The Hall–Kier alpha value is -3.09. The molecule has 11 nitrogen and oxygen atoms in total. The number of hydrogen-bond acceptors (Lipinski definition) is 7. The summed E-state index contributed by atoms with van der Waals surface area (Å²) in [5, 5.41) is 18.3. The Balaban J connectivity index is 2.06. The molecule has 0 radical (unpaired) electrons. The first-order valence-corrected chi connectivity index (χ1v) is 13.5. The molecule has 0 bridgehead atoms. The largest absolute Gasteiger partial charge is 0.480 e. The van der Waals surface area contributed by atoms with Crippen molar-refractivity contribution in [1.82, 2.24) is 20.9 Å². The van der Waals surface area contributed by atoms with Gasteiger partial charge in [0.1, 0.15) is 18.1 Å². The SMILES string of the molecule is CCC(C)C(NC(=O)C(CCCCN)NC(=O)C(CS)NC(=O)C(N)Cc1c[nH]c2ccccc12)C(=O)O. The Bertz CT molecular complexity index is 1090. The third kappa shape index (κ3) is 8.74. The highest BCUT2D eigenvalue weighted by molar-refractivity contribution is 7.80. The number of hydrogen-bond donors (Lipinski definition) is 8. The highest BCUT2D eigenvalue weighted by atomic mass is 32.1. The van der Waals surface area contributed by atoms with Crippen LogP contribution in [0.4, 0.5) is 0 Å². The number of nitrogens with one attached hydrogen (secondary N) is 4. The summed E-state index contributed by atoms with van der Waals surface area (Å²) in [5.74, 6) is -3.24. The normalized spacial score (nSPS) is 15.2. The van der Waals surface area contributed by atoms with Crippen molar-refractivity contribution in [2.75, 3.05) is 12.3 Å². The predicted molar refractivity (Wildman–Crippen MR) is 150 cm³/mol. The molecular formula is C26H40N6O5S. The molecule has 2 rings (SSSR count). The van der Waals surface area contributed by atoms with E-state index in [9.17, 15) is 24.3 Å². The lowest BCUT2D eigenvalue weighted by Crippen LogP contribution is -2.58. The van der Waals surface area contributed by atoms with Crippen LogP contribution in [-0.2, 0) is 25.6 Å². The van der Waals surface area contributed by atoms with Crippen molar-refractivity contribution >= 4 is 47.2 Å². The smallest absolute Gasteiger partial charge is 0.326 e. The van der Waals surface area contributed by atoms with Crippen LogP contribution in [0.3, 0.4) is 0 Å². The van der Waals surface area contributed by atoms with Gasteiger partial charge in [0.2, 0.25) is 17.7 Å². The third-order valence-corrected chi connectivity index (χ3v) is 6.99. The average molecular weight is 549 g/mol. The minimum Gasteiger partial charge on any atom is -0.480 e. The summed E-state index contributed by atoms with van der Waals surface area (Å²) in [6.45, 7) is 3.97. The Morgan fingerprint density at radius 3 is 2.32 bits per heavy atom. The summed E-state index contributed by atoms with van der Waals surface area (Å²) < 4.78 is 0. The molecule has 2 aromatic rings. The number of carbonyl (C=O) groups is 4. The molecule has 12 heteroatoms. The number of rotatable bonds is 16. The Kier molecular flexibility index (Phi) is 12.6. The van der Waals surface area contributed by atoms with Crippen LogP contribution in [-0.4, -0.2) is 70.2 Å². The van der Waals surface area contributed by atoms with Crippen LogP contribution < -0.4 is 27.4 Å². The van der Waals surface area contributed by atoms with Crippen molar-refractivity contribution in [2.45, 2.75) is 70.1 Å². The third-order valence-electron chi connectivity index (χ3n) is 6.62. The predicted octanol–water partition coefficient (Wildman–Crippen LogP) is 0.682. The molecule has 5 unspecified atom stereocenters. The number of unbranched alkanes of at least 4 members (excludes halogenated alkanes) is 1. The van der Waals surface area contributed by atoms with Crippen molar-refractivity contribution in [3.63, 3.8) is 0 Å². The second kappa shape index (κ2) is 15.4. The zero-order valence-corrected chi connectivity index (χ0v) is 22.8. The van der Waals surface area contributed by atoms with E-state index in [4.69, 9.17) is 11.5 Å². The van der Waals surface area contributed by atoms with Crippen LogP contribution >= 0.6 is 12.6 Å². The number of aromatic nitrogens is 1. The highest BCUT2D eigenvalue weighted by Crippen LogP contribution is 2.19. The average Bonchev–Trinajstić information content (AvgIpc) is 3.31. The summed E-state index contributed by atoms with van der Waals surface area (Å²) in [5.41, 5.74) is 13.5. The van der Waals surface area contributed by atoms with E-state index in [1.807, 2.05) is 31.2 Å². The zero-order chi connectivity index (χ0) is 28.2. The summed E-state index contributed by atoms with van der Waals surface area (Å²) in [6, 6.07) is 3.60. The Morgan fingerprint density at radius 2 is 1.68 bits per heavy atom. The van der Waals surface area contributed by atoms with Gasteiger partial charge in [-0.25, -0.2) is 4.79 Å². The van der Waals surface area contributed by atoms with Gasteiger partial charge in [0.15, 0.2) is 0 Å². The maximum absolute atomic E-state index is 13.0. The van der Waals surface area contributed by atoms with Gasteiger partial charge in [0.25, 0.3) is 0 Å². The number of para-hydroxylation sites is 1. The van der Waals surface area contributed by atoms with Gasteiger partial charge in [-0.15, -0.1) is 0 Å². The molecule has 0 saturated carbocycles. The molecule has 0 saturated heterocycles. The molecule has 5 atom stereocenters. The lowest BCUT2D eigenvalue weighted by molar-refractivity contribution is -0.143. The number of carboxylic acids is 1. The topological polar surface area (TPSA) is 192 Å². The summed E-state index contributed by atoms with van der Waals surface area (Å²) in [6.07, 6.45) is 4.04. The summed E-state index contributed by atoms with van der Waals surface area (Å²) >= 11 is 4.20. The highest BCUT2D eigenvalue weighted by Gasteiger charge is 2.31. The fraction of sp³-hybridized carbons (Fsp3) is 0.538. The van der Waals surface area contributed by atoms with Gasteiger partial charge >= 0.3 is 5.97 Å². The number of benzene rings is 1. The van der Waals surface area contributed by atoms with E-state index in [1.165, 1.54) is 0 Å². The number of fused-ring (bicyclic) bond motifs is 1. The van der Waals surface area contributed by atoms with Crippen LogP contribution in [0.2, 0.25) is 0 Å². The molecule has 0 aliphatic rings. The molecule has 1 aromatic carbocycles. The first-order chi connectivity index (χ1) is 18.1. The molecular weight excluding hydrogens is 508 g/mol. The molecule has 1 heterocycles. The van der Waals surface area contributed by atoms with Crippen LogP contribution in [0.25, 0.3) is 10.9 Å². The Labute approximate surface area is 228 Å². The maximum atomic E-state index is 13.0. The first-order valence-electron chi connectivity index (χ1n) is 12.9. The van der Waals surface area contributed by atoms with E-state index in [-0.39, 0.29) is 24.5 Å². The van der Waals surface area contributed by atoms with Crippen LogP contribution in [0.5, 0.6) is 0 Å². The van der Waals surface area contributed by atoms with E-state index in [0.717, 1.165) is 16.5 Å². The van der Waals surface area contributed by atoms with Gasteiger partial charge in [-0.3, -0.25) is 14.4 Å². The van der Waals surface area contributed by atoms with Crippen LogP contribution in [0.15, 0.2) is 30.5 Å². The number of aromatic amines is 1. The first kappa shape index (κ1) is 31.1. The monoisotopic (exact) mass is 548 g/mol. The summed E-state index contributed by atoms with van der Waals surface area (Å²) in [7, 11) is 0. The van der Waals surface area contributed by atoms with Crippen molar-refractivity contribution in [3.8, 4) is 0 Å². The maximum Gasteiger partial charge on any atom is 0.326 e. The molecule has 1 aromatic heterocycles. The molecule has 9 N–H and O–H groups in total. The second-order valence-electron chi connectivity index (χ2n) is 9.47. The van der Waals surface area contributed by atoms with Crippen molar-refractivity contribution < 1.29 is 24.3 Å². The lowest BCUT2D eigenvalue weighted by Gasteiger charge is -2.26. The fourth-order valence-corrected chi connectivity index (χ4v) is 4.33. The number of thiol groups is 1. The van der Waals surface area contributed by atoms with E-state index >= 15 is 0 Å². The zero-order valence-electron chi connectivity index (χ0n) is 21.9. The van der Waals surface area contributed by atoms with Crippen molar-refractivity contribution in [2.24, 2.45) is 17.4 Å². The number of carbonyl (C=O) groups excluding carboxylic acids is 3. The number of carboxylic acid groups (broad SMARTS) is 1. The number of H-pyrrole nitrogens is 1. The van der Waals surface area contributed by atoms with Gasteiger partial charge in [-0.05, 0) is 49.8 Å². The molecule has 0 fully saturated rings. The van der Waals surface area contributed by atoms with Gasteiger partial charge in [-0.1, -0.05) is 38.5 Å². The van der Waals surface area contributed by atoms with Gasteiger partial charge in [0, 0.05) is 22.9 Å². The molecule has 210 valence electrons. The van der Waals surface area contributed by atoms with Crippen molar-refractivity contribution in [1.29, 1.82) is 0 Å². The number of amides is 3. The number of nitrogens with two attached hydrogens (primary N) is 2. The van der Waals surface area contributed by atoms with E-state index in [0.29, 0.717) is 25.8 Å². The van der Waals surface area contributed by atoms with Gasteiger partial charge < -0.3 is 37.5 Å². The fourth-order valence-electron chi connectivity index (χ4n) is 4.07. The minimum absolute atomic E-state index is 0.0286. The number of aliphatic carboxylic acids is 1. The molecule has 0 aliphatic carbocycles. The molecule has 0 spiro atoms. The van der Waals surface area contributed by atoms with E-state index in [1.54, 1.807) is 13.1 Å². The quantitative estimate of drug-likeness (QED) is 0.112. The van der Waals surface area contributed by atoms with Crippen LogP contribution in [0, 0.1) is 5.92 Å². The van der Waals surface area contributed by atoms with E-state index < -0.39 is 47.9 Å². The van der Waals surface area contributed by atoms with Gasteiger partial charge in [0.05, 0.1) is 6.04 Å². The molecule has 38 heavy (non-hydrogen) atoms. The molecule has 3 amide bonds. The Morgan fingerprint density at radius 1 is 1.03 bits per heavy atom. The van der Waals surface area contributed by atoms with Crippen molar-refractivity contribution in [3.05, 3.63) is 36.0 Å². The summed E-state index contributed by atoms with van der Waals surface area (Å²) in [4.78, 5) is 53.7. The molecule has 0 aliphatic heterocycles. The van der Waals surface area contributed by atoms with E-state index in [2.05, 4.69) is 33.6 Å². The standard InChI is InChI=1S/C26H40N6O5S/c1-3-15(2)22(26(36)37)32-24(34)20(10-6-7-11-27)30-25(35)21(14-38)31-23(33)18(28)12-16-13-29-19-9-5-4-8-17(16)19/h4-5,8-9,13,15,18,20-22,29,38H,3,6-7,10-12,14,27-28H2,1-2H3,(H,30,35)(H,31,33)(H,32,34)(H,36,37). The second-order valence-corrected chi connectivity index (χ2v) is 9.83. The minimum atomic E-state index is -1.15. The van der Waals surface area contributed by atoms with Gasteiger partial charge in [-0.2, -0.15) is 12.6 Å². The lowest BCUT2D eigenvalue weighted by atomic mass is 9.98.